The molecule has 1 rings (SSSR count). The third-order valence-corrected chi connectivity index (χ3v) is 11.1. The van der Waals surface area contributed by atoms with Gasteiger partial charge in [-0.3, -0.25) is 9.59 Å². The van der Waals surface area contributed by atoms with E-state index in [0.717, 1.165) is 39.3 Å². The van der Waals surface area contributed by atoms with Gasteiger partial charge >= 0.3 is 0 Å². The number of carbonyl (C=O) groups is 2. The molecule has 0 fully saturated rings. The number of rotatable bonds is 40. The number of hydrogen-bond donors (Lipinski definition) is 2. The van der Waals surface area contributed by atoms with Crippen molar-refractivity contribution in [3.8, 4) is 0 Å². The average molecular weight is 755 g/mol. The molecule has 0 aliphatic carbocycles. The first kappa shape index (κ1) is 50.1. The van der Waals surface area contributed by atoms with Crippen molar-refractivity contribution < 1.29 is 9.59 Å². The Hall–Kier alpha value is -1.92. The van der Waals surface area contributed by atoms with Gasteiger partial charge in [-0.2, -0.15) is 0 Å². The molecular weight excluding hydrogens is 665 g/mol. The molecule has 0 aromatic heterocycles. The van der Waals surface area contributed by atoms with Gasteiger partial charge in [0.05, 0.1) is 0 Å². The molecular formula is C48H90N4O2. The van der Waals surface area contributed by atoms with Crippen molar-refractivity contribution in [3.05, 3.63) is 35.4 Å². The van der Waals surface area contributed by atoms with E-state index < -0.39 is 0 Å². The fraction of sp³-hybridized carbons (Fsp3) is 0.833. The monoisotopic (exact) mass is 755 g/mol. The summed E-state index contributed by atoms with van der Waals surface area (Å²) in [6.07, 6.45) is 37.0. The van der Waals surface area contributed by atoms with Gasteiger partial charge in [0, 0.05) is 37.3 Å². The van der Waals surface area contributed by atoms with Gasteiger partial charge in [-0.25, -0.2) is 0 Å². The molecule has 0 atom stereocenters. The third kappa shape index (κ3) is 29.4. The Morgan fingerprint density at radius 1 is 0.389 bits per heavy atom. The lowest BCUT2D eigenvalue weighted by Gasteiger charge is -2.23. The zero-order chi connectivity index (χ0) is 39.2. The Bertz CT molecular complexity index is 876. The highest BCUT2D eigenvalue weighted by molar-refractivity contribution is 5.99. The van der Waals surface area contributed by atoms with E-state index in [9.17, 15) is 9.59 Å². The summed E-state index contributed by atoms with van der Waals surface area (Å²) in [6, 6.07) is 7.25. The zero-order valence-electron chi connectivity index (χ0n) is 36.5. The molecule has 0 unspecified atom stereocenters. The number of amides is 2. The van der Waals surface area contributed by atoms with E-state index in [1.165, 1.54) is 180 Å². The van der Waals surface area contributed by atoms with E-state index in [1.807, 2.05) is 18.2 Å². The van der Waals surface area contributed by atoms with Crippen molar-refractivity contribution in [2.45, 2.75) is 207 Å². The standard InChI is InChI=1S/C48H90N4O2/c1-5-9-13-17-21-25-29-38-51(39-30-26-22-18-14-10-6-2)42-36-49-47(53)45-34-33-35-46(44-45)48(54)50-37-43-52(40-31-27-23-19-15-11-7-3)41-32-28-24-20-16-12-8-4/h33-35,44H,5-32,36-43H2,1-4H3,(H,49,53)(H,50,54). The Morgan fingerprint density at radius 2 is 0.648 bits per heavy atom. The van der Waals surface area contributed by atoms with E-state index in [1.54, 1.807) is 6.07 Å². The largest absolute Gasteiger partial charge is 0.351 e. The molecule has 1 aromatic rings. The number of carbonyl (C=O) groups excluding carboxylic acids is 2. The van der Waals surface area contributed by atoms with Crippen LogP contribution < -0.4 is 10.6 Å². The summed E-state index contributed by atoms with van der Waals surface area (Å²) in [5, 5.41) is 6.32. The van der Waals surface area contributed by atoms with Crippen LogP contribution in [0.5, 0.6) is 0 Å². The van der Waals surface area contributed by atoms with Gasteiger partial charge in [0.2, 0.25) is 0 Å². The number of unbranched alkanes of at least 4 members (excludes halogenated alkanes) is 24. The van der Waals surface area contributed by atoms with Gasteiger partial charge in [0.25, 0.3) is 11.8 Å². The van der Waals surface area contributed by atoms with E-state index in [-0.39, 0.29) is 11.8 Å². The molecule has 6 nitrogen and oxygen atoms in total. The van der Waals surface area contributed by atoms with Gasteiger partial charge in [0.15, 0.2) is 0 Å². The minimum Gasteiger partial charge on any atom is -0.351 e. The Kier molecular flexibility index (Phi) is 35.2. The van der Waals surface area contributed by atoms with Crippen molar-refractivity contribution in [1.82, 2.24) is 20.4 Å². The molecule has 1 aromatic carbocycles. The molecule has 6 heteroatoms. The fourth-order valence-corrected chi connectivity index (χ4v) is 7.50. The molecule has 314 valence electrons. The average Bonchev–Trinajstić information content (AvgIpc) is 3.18. The van der Waals surface area contributed by atoms with Crippen LogP contribution in [0, 0.1) is 0 Å². The van der Waals surface area contributed by atoms with E-state index in [4.69, 9.17) is 0 Å². The number of benzene rings is 1. The van der Waals surface area contributed by atoms with Crippen molar-refractivity contribution in [1.29, 1.82) is 0 Å². The van der Waals surface area contributed by atoms with Gasteiger partial charge in [-0.15, -0.1) is 0 Å². The second-order valence-corrected chi connectivity index (χ2v) is 16.3. The number of nitrogens with one attached hydrogen (secondary N) is 2. The van der Waals surface area contributed by atoms with Gasteiger partial charge in [0.1, 0.15) is 0 Å². The minimum absolute atomic E-state index is 0.0907. The topological polar surface area (TPSA) is 64.7 Å². The molecule has 0 heterocycles. The van der Waals surface area contributed by atoms with Gasteiger partial charge < -0.3 is 20.4 Å². The highest BCUT2D eigenvalue weighted by atomic mass is 16.2. The summed E-state index contributed by atoms with van der Waals surface area (Å²) in [7, 11) is 0. The first-order chi connectivity index (χ1) is 26.5. The lowest BCUT2D eigenvalue weighted by molar-refractivity contribution is 0.0947. The third-order valence-electron chi connectivity index (χ3n) is 11.1. The zero-order valence-corrected chi connectivity index (χ0v) is 36.5. The quantitative estimate of drug-likeness (QED) is 0.0655. The summed E-state index contributed by atoms with van der Waals surface area (Å²) in [6.45, 7) is 16.6. The lowest BCUT2D eigenvalue weighted by Crippen LogP contribution is -2.37. The molecule has 0 saturated carbocycles. The van der Waals surface area contributed by atoms with Crippen LogP contribution in [0.15, 0.2) is 24.3 Å². The van der Waals surface area contributed by atoms with Crippen molar-refractivity contribution in [3.63, 3.8) is 0 Å². The molecule has 54 heavy (non-hydrogen) atoms. The van der Waals surface area contributed by atoms with Crippen molar-refractivity contribution in [2.24, 2.45) is 0 Å². The summed E-state index contributed by atoms with van der Waals surface area (Å²) in [4.78, 5) is 31.5. The maximum absolute atomic E-state index is 13.2. The summed E-state index contributed by atoms with van der Waals surface area (Å²) >= 11 is 0. The van der Waals surface area contributed by atoms with Crippen LogP contribution in [-0.2, 0) is 0 Å². The Morgan fingerprint density at radius 3 is 0.926 bits per heavy atom. The molecule has 0 aliphatic heterocycles. The first-order valence-electron chi connectivity index (χ1n) is 23.7. The maximum atomic E-state index is 13.2. The molecule has 0 spiro atoms. The van der Waals surface area contributed by atoms with Crippen LogP contribution in [-0.4, -0.2) is 74.0 Å². The van der Waals surface area contributed by atoms with Gasteiger partial charge in [-0.1, -0.05) is 188 Å². The van der Waals surface area contributed by atoms with E-state index in [0.29, 0.717) is 24.2 Å². The predicted molar refractivity (Wildman–Crippen MR) is 236 cm³/mol. The normalized spacial score (nSPS) is 11.5. The molecule has 2 amide bonds. The summed E-state index contributed by atoms with van der Waals surface area (Å²) < 4.78 is 0. The SMILES string of the molecule is CCCCCCCCCN(CCCCCCCCC)CCNC(=O)c1cccc(C(=O)NCCN(CCCCCCCCC)CCCCCCCCC)c1. The van der Waals surface area contributed by atoms with Crippen LogP contribution in [0.3, 0.4) is 0 Å². The number of nitrogens with zero attached hydrogens (tertiary/aromatic N) is 2. The lowest BCUT2D eigenvalue weighted by atomic mass is 10.1. The fourth-order valence-electron chi connectivity index (χ4n) is 7.50. The van der Waals surface area contributed by atoms with Crippen molar-refractivity contribution >= 4 is 11.8 Å². The maximum Gasteiger partial charge on any atom is 0.251 e. The van der Waals surface area contributed by atoms with Crippen LogP contribution in [0.2, 0.25) is 0 Å². The molecule has 0 bridgehead atoms. The minimum atomic E-state index is -0.0907. The Balaban J connectivity index is 2.56. The first-order valence-corrected chi connectivity index (χ1v) is 23.7. The van der Waals surface area contributed by atoms with Crippen LogP contribution in [0.25, 0.3) is 0 Å². The smallest absolute Gasteiger partial charge is 0.251 e. The Labute approximate surface area is 336 Å². The molecule has 2 N–H and O–H groups in total. The molecule has 0 aliphatic rings. The van der Waals surface area contributed by atoms with Crippen LogP contribution >= 0.6 is 0 Å². The van der Waals surface area contributed by atoms with Crippen molar-refractivity contribution in [2.75, 3.05) is 52.4 Å². The highest BCUT2D eigenvalue weighted by Crippen LogP contribution is 2.13. The second kappa shape index (κ2) is 38.0. The van der Waals surface area contributed by atoms with E-state index >= 15 is 0 Å². The summed E-state index contributed by atoms with van der Waals surface area (Å²) in [5.74, 6) is -0.181. The van der Waals surface area contributed by atoms with E-state index in [2.05, 4.69) is 48.1 Å². The summed E-state index contributed by atoms with van der Waals surface area (Å²) in [5.41, 5.74) is 1.13. The highest BCUT2D eigenvalue weighted by Gasteiger charge is 2.13. The number of hydrogen-bond acceptors (Lipinski definition) is 4. The predicted octanol–water partition coefficient (Wildman–Crippen LogP) is 12.8. The van der Waals surface area contributed by atoms with Crippen LogP contribution in [0.1, 0.15) is 228 Å². The molecule has 0 saturated heterocycles. The van der Waals surface area contributed by atoms with Crippen LogP contribution in [0.4, 0.5) is 0 Å². The van der Waals surface area contributed by atoms with Gasteiger partial charge in [-0.05, 0) is 70.1 Å². The molecule has 0 radical (unpaired) electrons. The second-order valence-electron chi connectivity index (χ2n) is 16.3.